The number of aromatic nitrogens is 2. The minimum atomic E-state index is -3.90. The Labute approximate surface area is 228 Å². The molecule has 1 aliphatic heterocycles. The molecule has 212 valence electrons. The summed E-state index contributed by atoms with van der Waals surface area (Å²) in [6.45, 7) is 3.09. The number of thioether (sulfide) groups is 1. The molecule has 1 unspecified atom stereocenters. The summed E-state index contributed by atoms with van der Waals surface area (Å²) in [6.07, 6.45) is -1.19. The summed E-state index contributed by atoms with van der Waals surface area (Å²) in [6, 6.07) is 10.6. The van der Waals surface area contributed by atoms with Gasteiger partial charge >= 0.3 is 13.4 Å². The summed E-state index contributed by atoms with van der Waals surface area (Å²) in [4.78, 5) is 15.9. The lowest BCUT2D eigenvalue weighted by atomic mass is 9.97. The quantitative estimate of drug-likeness (QED) is 0.0767. The maximum absolute atomic E-state index is 13.6. The zero-order chi connectivity index (χ0) is 27.9. The second-order valence-electron chi connectivity index (χ2n) is 9.28. The highest BCUT2D eigenvalue weighted by Crippen LogP contribution is 2.48. The Hall–Kier alpha value is -1.58. The molecule has 2 aromatic rings. The van der Waals surface area contributed by atoms with E-state index >= 15 is 0 Å². The number of hydrogen-bond acceptors (Lipinski definition) is 10. The van der Waals surface area contributed by atoms with Crippen LogP contribution in [0.3, 0.4) is 0 Å². The Morgan fingerprint density at radius 3 is 2.61 bits per heavy atom. The third-order valence-electron chi connectivity index (χ3n) is 5.81. The minimum absolute atomic E-state index is 0.0235. The number of thiol groups is 1. The van der Waals surface area contributed by atoms with Crippen molar-refractivity contribution < 1.29 is 34.0 Å². The lowest BCUT2D eigenvalue weighted by Gasteiger charge is -2.23. The summed E-state index contributed by atoms with van der Waals surface area (Å²) in [5, 5.41) is 42.1. The molecule has 0 aliphatic carbocycles. The van der Waals surface area contributed by atoms with Crippen molar-refractivity contribution in [1.82, 2.24) is 14.6 Å². The molecule has 0 bridgehead atoms. The van der Waals surface area contributed by atoms with Crippen LogP contribution in [-0.2, 0) is 20.2 Å². The largest absolute Gasteiger partial charge is 0.405 e. The smallest absolute Gasteiger partial charge is 0.395 e. The number of nitrogens with one attached hydrogen (secondary N) is 1. The molecule has 1 saturated heterocycles. The van der Waals surface area contributed by atoms with E-state index in [1.807, 2.05) is 30.3 Å². The van der Waals surface area contributed by atoms with Crippen LogP contribution in [0.5, 0.6) is 0 Å². The van der Waals surface area contributed by atoms with Crippen LogP contribution in [0.15, 0.2) is 47.4 Å². The molecule has 1 aromatic carbocycles. The highest BCUT2D eigenvalue weighted by molar-refractivity contribution is 8.00. The van der Waals surface area contributed by atoms with Gasteiger partial charge in [-0.3, -0.25) is 13.6 Å². The first-order valence-corrected chi connectivity index (χ1v) is 15.4. The van der Waals surface area contributed by atoms with E-state index in [9.17, 15) is 29.8 Å². The fourth-order valence-electron chi connectivity index (χ4n) is 3.40. The summed E-state index contributed by atoms with van der Waals surface area (Å²) >= 11 is 1.60. The van der Waals surface area contributed by atoms with E-state index in [0.29, 0.717) is 17.1 Å². The van der Waals surface area contributed by atoms with Crippen LogP contribution in [-0.4, -0.2) is 78.1 Å². The molecule has 12 nitrogen and oxygen atoms in total. The van der Waals surface area contributed by atoms with Crippen LogP contribution in [0.25, 0.3) is 0 Å². The van der Waals surface area contributed by atoms with E-state index in [2.05, 4.69) is 10.1 Å². The normalized spacial score (nSPS) is 24.1. The summed E-state index contributed by atoms with van der Waals surface area (Å²) < 4.78 is 26.0. The molecule has 7 N–H and O–H groups in total. The Bertz CT molecular complexity index is 1200. The molecular weight excluding hydrogens is 555 g/mol. The van der Waals surface area contributed by atoms with Gasteiger partial charge in [-0.15, -0.1) is 11.8 Å². The standard InChI is InChI=1S/C23H35N4O8PS2/c1-23(2,14-28)21(31)37-11-10-34-36(33,25-12-15-6-4-3-5-7-15)35-13-16-18(29)19(30)20(38-16)27-9-8-17(24)26-22(27)32/h3-9,16,18-20,28-31,37H,10-14H2,1-2H3,(H,25,33)(H2,24,26,32)/t16-,18-,19+,20-,36?/m1/s1. The second kappa shape index (κ2) is 13.7. The van der Waals surface area contributed by atoms with Gasteiger partial charge in [-0.05, 0) is 11.6 Å². The van der Waals surface area contributed by atoms with Crippen molar-refractivity contribution >= 4 is 41.7 Å². The van der Waals surface area contributed by atoms with Gasteiger partial charge in [0, 0.05) is 23.9 Å². The Morgan fingerprint density at radius 1 is 1.24 bits per heavy atom. The molecule has 38 heavy (non-hydrogen) atoms. The predicted molar refractivity (Wildman–Crippen MR) is 150 cm³/mol. The molecule has 15 heteroatoms. The lowest BCUT2D eigenvalue weighted by Crippen LogP contribution is -2.36. The van der Waals surface area contributed by atoms with E-state index in [1.54, 1.807) is 13.8 Å². The molecular formula is C23H35N4O8PS2. The first-order valence-electron chi connectivity index (χ1n) is 11.8. The first-order chi connectivity index (χ1) is 18.0. The maximum atomic E-state index is 13.6. The molecule has 5 atom stereocenters. The number of rotatable bonds is 13. The van der Waals surface area contributed by atoms with Crippen molar-refractivity contribution in [1.29, 1.82) is 0 Å². The van der Waals surface area contributed by atoms with Gasteiger partial charge in [-0.25, -0.2) is 14.4 Å². The number of hydrogen-bond donors (Lipinski definition) is 7. The van der Waals surface area contributed by atoms with Crippen molar-refractivity contribution in [3.63, 3.8) is 0 Å². The van der Waals surface area contributed by atoms with Crippen LogP contribution in [0.2, 0.25) is 0 Å². The third kappa shape index (κ3) is 8.21. The highest BCUT2D eigenvalue weighted by Gasteiger charge is 2.44. The SMILES string of the molecule is CC(C)(CO)C(O)=[SH]CCOP(=O)(NCc1ccccc1)OC[C@H]1S[C@@H](n2ccc(N)nc2=O)[C@@H](O)[C@@H]1O. The predicted octanol–water partition coefficient (Wildman–Crippen LogP) is 1.26. The number of nitrogens with zero attached hydrogens (tertiary/aromatic N) is 2. The van der Waals surface area contributed by atoms with Crippen molar-refractivity contribution in [3.05, 3.63) is 58.6 Å². The van der Waals surface area contributed by atoms with E-state index in [-0.39, 0.29) is 37.2 Å². The average molecular weight is 591 g/mol. The summed E-state index contributed by atoms with van der Waals surface area (Å²) in [5.74, 6) is 0.335. The Kier molecular flexibility index (Phi) is 11.1. The number of nitrogens with two attached hydrogens (primary N) is 1. The fourth-order valence-corrected chi connectivity index (χ4v) is 7.30. The van der Waals surface area contributed by atoms with Crippen LogP contribution in [0.4, 0.5) is 5.82 Å². The monoisotopic (exact) mass is 590 g/mol. The highest BCUT2D eigenvalue weighted by atomic mass is 32.2. The van der Waals surface area contributed by atoms with Crippen LogP contribution in [0.1, 0.15) is 24.8 Å². The van der Waals surface area contributed by atoms with Gasteiger partial charge in [0.1, 0.15) is 17.3 Å². The molecule has 0 saturated carbocycles. The summed E-state index contributed by atoms with van der Waals surface area (Å²) in [5.41, 5.74) is 4.93. The number of aliphatic hydroxyl groups excluding tert-OH is 4. The van der Waals surface area contributed by atoms with E-state index in [4.69, 9.17) is 14.8 Å². The van der Waals surface area contributed by atoms with Crippen LogP contribution >= 0.6 is 30.9 Å². The lowest BCUT2D eigenvalue weighted by molar-refractivity contribution is 0.0105. The average Bonchev–Trinajstić information content (AvgIpc) is 3.18. The molecule has 0 spiro atoms. The topological polar surface area (TPSA) is 189 Å². The third-order valence-corrected chi connectivity index (χ3v) is 10.2. The number of nitrogen functional groups attached to an aromatic ring is 1. The van der Waals surface area contributed by atoms with Crippen molar-refractivity contribution in [2.45, 2.75) is 43.2 Å². The molecule has 1 fully saturated rings. The van der Waals surface area contributed by atoms with Gasteiger partial charge in [0.05, 0.1) is 36.2 Å². The van der Waals surface area contributed by atoms with Crippen molar-refractivity contribution in [2.24, 2.45) is 5.41 Å². The van der Waals surface area contributed by atoms with E-state index in [1.165, 1.54) is 16.8 Å². The summed E-state index contributed by atoms with van der Waals surface area (Å²) in [7, 11) is -3.90. The molecule has 1 aliphatic rings. The van der Waals surface area contributed by atoms with E-state index < -0.39 is 41.7 Å². The number of aliphatic hydroxyl groups is 4. The number of benzene rings is 1. The first kappa shape index (κ1) is 31.0. The van der Waals surface area contributed by atoms with Crippen molar-refractivity contribution in [2.75, 3.05) is 31.3 Å². The van der Waals surface area contributed by atoms with E-state index in [0.717, 1.165) is 17.3 Å². The zero-order valence-electron chi connectivity index (χ0n) is 21.1. The van der Waals surface area contributed by atoms with Gasteiger partial charge in [-0.2, -0.15) is 16.3 Å². The molecule has 3 rings (SSSR count). The second-order valence-corrected chi connectivity index (χ2v) is 13.7. The fraction of sp³-hybridized carbons (Fsp3) is 0.522. The van der Waals surface area contributed by atoms with Gasteiger partial charge in [-0.1, -0.05) is 44.2 Å². The van der Waals surface area contributed by atoms with Gasteiger partial charge in [0.25, 0.3) is 0 Å². The Balaban J connectivity index is 1.67. The van der Waals surface area contributed by atoms with Crippen LogP contribution in [0, 0.1) is 5.41 Å². The molecule has 2 heterocycles. The van der Waals surface area contributed by atoms with Gasteiger partial charge < -0.3 is 26.2 Å². The molecule has 0 amide bonds. The van der Waals surface area contributed by atoms with Crippen molar-refractivity contribution in [3.8, 4) is 0 Å². The Morgan fingerprint density at radius 2 is 1.95 bits per heavy atom. The molecule has 0 radical (unpaired) electrons. The number of anilines is 1. The van der Waals surface area contributed by atoms with Gasteiger partial charge in [0.2, 0.25) is 0 Å². The maximum Gasteiger partial charge on any atom is 0.405 e. The minimum Gasteiger partial charge on any atom is -0.395 e. The zero-order valence-corrected chi connectivity index (χ0v) is 23.7. The molecule has 1 aromatic heterocycles. The van der Waals surface area contributed by atoms with Crippen LogP contribution < -0.4 is 16.5 Å². The van der Waals surface area contributed by atoms with Gasteiger partial charge in [0.15, 0.2) is 0 Å².